The molecule has 2 N–H and O–H groups in total. The zero-order valence-electron chi connectivity index (χ0n) is 17.6. The smallest absolute Gasteiger partial charge is 0.105 e. The van der Waals surface area contributed by atoms with Gasteiger partial charge in [0.25, 0.3) is 0 Å². The first-order chi connectivity index (χ1) is 15.7. The molecule has 0 saturated heterocycles. The number of rotatable bonds is 4. The van der Waals surface area contributed by atoms with Gasteiger partial charge in [0.1, 0.15) is 12.2 Å². The van der Waals surface area contributed by atoms with Crippen LogP contribution < -0.4 is 20.9 Å². The van der Waals surface area contributed by atoms with Gasteiger partial charge in [0.05, 0.1) is 0 Å². The van der Waals surface area contributed by atoms with Crippen molar-refractivity contribution in [3.05, 3.63) is 141 Å². The molecule has 0 heterocycles. The summed E-state index contributed by atoms with van der Waals surface area (Å²) >= 11 is 0. The second-order valence-electron chi connectivity index (χ2n) is 8.07. The summed E-state index contributed by atoms with van der Waals surface area (Å²) in [6, 6.07) is 35.7. The van der Waals surface area contributed by atoms with Crippen LogP contribution in [0.3, 0.4) is 0 Å². The lowest BCUT2D eigenvalue weighted by molar-refractivity contribution is 0.239. The van der Waals surface area contributed by atoms with E-state index in [0.29, 0.717) is 0 Å². The van der Waals surface area contributed by atoms with Crippen molar-refractivity contribution in [2.24, 2.45) is 0 Å². The highest BCUT2D eigenvalue weighted by Crippen LogP contribution is 2.24. The Labute approximate surface area is 187 Å². The lowest BCUT2D eigenvalue weighted by Crippen LogP contribution is -2.20. The molecule has 0 spiro atoms. The van der Waals surface area contributed by atoms with Gasteiger partial charge in [0.15, 0.2) is 0 Å². The molecule has 0 saturated carbocycles. The summed E-state index contributed by atoms with van der Waals surface area (Å²) in [6.45, 7) is 0. The van der Waals surface area contributed by atoms with E-state index in [2.05, 4.69) is 0 Å². The normalized spacial score (nSPS) is 14.7. The van der Waals surface area contributed by atoms with Crippen LogP contribution in [0.5, 0.6) is 0 Å². The molecule has 32 heavy (non-hydrogen) atoms. The average Bonchev–Trinajstić information content (AvgIpc) is 2.86. The second-order valence-corrected chi connectivity index (χ2v) is 8.07. The van der Waals surface area contributed by atoms with E-state index < -0.39 is 12.2 Å². The summed E-state index contributed by atoms with van der Waals surface area (Å²) in [5.74, 6) is 0. The number of hydrogen-bond donors (Lipinski definition) is 2. The molecule has 4 aromatic rings. The summed E-state index contributed by atoms with van der Waals surface area (Å²) in [7, 11) is 0. The summed E-state index contributed by atoms with van der Waals surface area (Å²) in [5.41, 5.74) is 3.42. The van der Waals surface area contributed by atoms with Gasteiger partial charge in [-0.2, -0.15) is 0 Å². The van der Waals surface area contributed by atoms with E-state index in [1.54, 1.807) is 0 Å². The number of aliphatic hydroxyl groups is 2. The van der Waals surface area contributed by atoms with E-state index in [-0.39, 0.29) is 0 Å². The third-order valence-corrected chi connectivity index (χ3v) is 5.95. The van der Waals surface area contributed by atoms with Crippen LogP contribution in [0, 0.1) is 0 Å². The van der Waals surface area contributed by atoms with Gasteiger partial charge in [-0.1, -0.05) is 109 Å². The molecule has 0 aliphatic heterocycles. The quantitative estimate of drug-likeness (QED) is 0.537. The summed E-state index contributed by atoms with van der Waals surface area (Å²) in [6.07, 6.45) is 2.62. The van der Waals surface area contributed by atoms with Crippen LogP contribution in [0.2, 0.25) is 0 Å². The van der Waals surface area contributed by atoms with Crippen molar-refractivity contribution in [1.82, 2.24) is 0 Å². The third kappa shape index (κ3) is 4.06. The largest absolute Gasteiger partial charge is 0.384 e. The molecule has 2 atom stereocenters. The predicted octanol–water partition coefficient (Wildman–Crippen LogP) is 2.73. The summed E-state index contributed by atoms with van der Waals surface area (Å²) in [4.78, 5) is 0. The van der Waals surface area contributed by atoms with Gasteiger partial charge in [0.2, 0.25) is 0 Å². The molecule has 4 bridgehead atoms. The Morgan fingerprint density at radius 1 is 0.406 bits per heavy atom. The maximum absolute atomic E-state index is 11.2. The zero-order chi connectivity index (χ0) is 21.9. The minimum Gasteiger partial charge on any atom is -0.384 e. The highest BCUT2D eigenvalue weighted by atomic mass is 16.3. The average molecular weight is 417 g/mol. The Balaban J connectivity index is 1.72. The fourth-order valence-corrected chi connectivity index (χ4v) is 4.17. The molecule has 4 aliphatic rings. The molecular formula is C30H24O2. The summed E-state index contributed by atoms with van der Waals surface area (Å²) < 4.78 is 0. The number of hydrogen-bond acceptors (Lipinski definition) is 2. The van der Waals surface area contributed by atoms with E-state index in [1.807, 2.05) is 121 Å². The molecule has 4 aliphatic carbocycles. The van der Waals surface area contributed by atoms with Gasteiger partial charge in [-0.3, -0.25) is 0 Å². The highest BCUT2D eigenvalue weighted by molar-refractivity contribution is 5.82. The molecule has 0 fully saturated rings. The van der Waals surface area contributed by atoms with Gasteiger partial charge in [-0.15, -0.1) is 0 Å². The minimum atomic E-state index is -0.726. The van der Waals surface area contributed by atoms with Crippen molar-refractivity contribution in [1.29, 1.82) is 0 Å². The van der Waals surface area contributed by atoms with E-state index in [0.717, 1.165) is 43.1 Å². The third-order valence-electron chi connectivity index (χ3n) is 5.95. The molecule has 0 aromatic heterocycles. The lowest BCUT2D eigenvalue weighted by atomic mass is 9.95. The van der Waals surface area contributed by atoms with Gasteiger partial charge in [-0.05, 0) is 55.3 Å². The van der Waals surface area contributed by atoms with Crippen LogP contribution in [-0.2, 0) is 0 Å². The molecule has 8 rings (SSSR count). The molecular weight excluding hydrogens is 392 g/mol. The van der Waals surface area contributed by atoms with Crippen LogP contribution in [0.15, 0.2) is 109 Å². The van der Waals surface area contributed by atoms with E-state index >= 15 is 0 Å². The maximum atomic E-state index is 11.2. The topological polar surface area (TPSA) is 40.5 Å². The maximum Gasteiger partial charge on any atom is 0.105 e. The fourth-order valence-electron chi connectivity index (χ4n) is 4.17. The van der Waals surface area contributed by atoms with Crippen LogP contribution in [0.25, 0.3) is 23.3 Å². The first kappa shape index (κ1) is 20.2. The van der Waals surface area contributed by atoms with Gasteiger partial charge in [0, 0.05) is 0 Å². The monoisotopic (exact) mass is 416 g/mol. The van der Waals surface area contributed by atoms with Gasteiger partial charge < -0.3 is 10.2 Å². The molecule has 2 nitrogen and oxygen atoms in total. The Kier molecular flexibility index (Phi) is 5.55. The fraction of sp³-hybridized carbons (Fsp3) is 0.0667. The first-order valence-corrected chi connectivity index (χ1v) is 10.8. The van der Waals surface area contributed by atoms with Crippen molar-refractivity contribution < 1.29 is 10.2 Å². The van der Waals surface area contributed by atoms with E-state index in [4.69, 9.17) is 0 Å². The highest BCUT2D eigenvalue weighted by Gasteiger charge is 2.14. The lowest BCUT2D eigenvalue weighted by Gasteiger charge is -2.15. The second kappa shape index (κ2) is 8.80. The van der Waals surface area contributed by atoms with Gasteiger partial charge >= 0.3 is 0 Å². The molecule has 0 radical (unpaired) electrons. The summed E-state index contributed by atoms with van der Waals surface area (Å²) in [5, 5.41) is 26.2. The van der Waals surface area contributed by atoms with Crippen molar-refractivity contribution in [2.45, 2.75) is 12.2 Å². The van der Waals surface area contributed by atoms with Crippen molar-refractivity contribution >= 4 is 23.3 Å². The van der Waals surface area contributed by atoms with Crippen LogP contribution >= 0.6 is 0 Å². The van der Waals surface area contributed by atoms with E-state index in [1.165, 1.54) is 0 Å². The van der Waals surface area contributed by atoms with Crippen LogP contribution in [0.1, 0.15) is 23.3 Å². The molecule has 156 valence electrons. The minimum absolute atomic E-state index is 0.726. The van der Waals surface area contributed by atoms with Crippen LogP contribution in [-0.4, -0.2) is 10.2 Å². The number of benzene rings is 4. The van der Waals surface area contributed by atoms with Gasteiger partial charge in [-0.25, -0.2) is 0 Å². The molecule has 2 heteroatoms. The molecule has 4 aromatic carbocycles. The Morgan fingerprint density at radius 3 is 1.09 bits per heavy atom. The first-order valence-electron chi connectivity index (χ1n) is 10.8. The van der Waals surface area contributed by atoms with Crippen LogP contribution in [0.4, 0.5) is 0 Å². The Bertz CT molecular complexity index is 1320. The SMILES string of the molecule is OC(C1=c2ccc(cc2)=CC(C(O)c2ccccc2)=c2ccc(cc2)=C1)c1ccccc1. The molecule has 2 unspecified atom stereocenters. The predicted molar refractivity (Wildman–Crippen MR) is 130 cm³/mol. The molecule has 0 amide bonds. The van der Waals surface area contributed by atoms with Crippen molar-refractivity contribution in [3.8, 4) is 0 Å². The standard InChI is InChI=1S/C30H24O2/c31-29(25-7-3-1-4-8-25)27-19-21-13-17-24(18-14-21)28(20-22-11-15-23(27)16-12-22)30(32)26-9-5-2-6-10-26/h1-20,29-32H. The zero-order valence-corrected chi connectivity index (χ0v) is 17.6. The van der Waals surface area contributed by atoms with Crippen molar-refractivity contribution in [3.63, 3.8) is 0 Å². The Morgan fingerprint density at radius 2 is 0.750 bits per heavy atom. The number of aliphatic hydroxyl groups excluding tert-OH is 2. The van der Waals surface area contributed by atoms with E-state index in [9.17, 15) is 10.2 Å². The Hall–Kier alpha value is -3.72. The van der Waals surface area contributed by atoms with Crippen molar-refractivity contribution in [2.75, 3.05) is 0 Å².